The third-order valence-corrected chi connectivity index (χ3v) is 4.96. The Morgan fingerprint density at radius 1 is 1.06 bits per heavy atom. The number of anilines is 1. The van der Waals surface area contributed by atoms with Crippen molar-refractivity contribution in [3.63, 3.8) is 0 Å². The van der Waals surface area contributed by atoms with Crippen molar-refractivity contribution >= 4 is 28.9 Å². The van der Waals surface area contributed by atoms with Gasteiger partial charge in [-0.1, -0.05) is 35.3 Å². The van der Waals surface area contributed by atoms with Crippen LogP contribution >= 0.6 is 0 Å². The summed E-state index contributed by atoms with van der Waals surface area (Å²) in [5.41, 5.74) is 4.44. The molecule has 34 heavy (non-hydrogen) atoms. The summed E-state index contributed by atoms with van der Waals surface area (Å²) in [6.07, 6.45) is -0.753. The van der Waals surface area contributed by atoms with Gasteiger partial charge in [0.25, 0.3) is 0 Å². The Morgan fingerprint density at radius 3 is 2.53 bits per heavy atom. The Labute approximate surface area is 195 Å². The van der Waals surface area contributed by atoms with E-state index in [1.54, 1.807) is 6.92 Å². The van der Waals surface area contributed by atoms with Gasteiger partial charge in [0.05, 0.1) is 0 Å². The van der Waals surface area contributed by atoms with E-state index < -0.39 is 12.2 Å². The zero-order chi connectivity index (χ0) is 24.7. The van der Waals surface area contributed by atoms with Gasteiger partial charge in [-0.2, -0.15) is 9.59 Å². The van der Waals surface area contributed by atoms with E-state index in [0.29, 0.717) is 11.4 Å². The molecule has 1 amide bonds. The normalized spacial score (nSPS) is 10.8. The lowest BCUT2D eigenvalue weighted by Crippen LogP contribution is -2.17. The van der Waals surface area contributed by atoms with E-state index in [4.69, 9.17) is 23.3 Å². The quantitative estimate of drug-likeness (QED) is 0.405. The third kappa shape index (κ3) is 5.80. The van der Waals surface area contributed by atoms with Crippen LogP contribution in [0, 0.1) is 32.6 Å². The zero-order valence-corrected chi connectivity index (χ0v) is 19.1. The summed E-state index contributed by atoms with van der Waals surface area (Å²) in [6.45, 7) is 7.44. The number of fused-ring (bicyclic) bond motifs is 1. The molecule has 172 valence electrons. The summed E-state index contributed by atoms with van der Waals surface area (Å²) < 4.78 is 16.5. The minimum absolute atomic E-state index is 0.250. The first-order valence-corrected chi connectivity index (χ1v) is 10.3. The molecule has 2 heterocycles. The number of hydrogen-bond donors (Lipinski definition) is 1. The Kier molecular flexibility index (Phi) is 7.65. The van der Waals surface area contributed by atoms with Crippen LogP contribution in [0.25, 0.3) is 11.0 Å². The maximum absolute atomic E-state index is 12.5. The largest absolute Gasteiger partial charge is 0.461 e. The van der Waals surface area contributed by atoms with E-state index >= 15 is 0 Å². The number of amides is 1. The Balaban J connectivity index is 0.00000103. The first-order valence-electron chi connectivity index (χ1n) is 10.3. The van der Waals surface area contributed by atoms with Crippen molar-refractivity contribution in [1.29, 1.82) is 0 Å². The van der Waals surface area contributed by atoms with Gasteiger partial charge in [-0.25, -0.2) is 4.79 Å². The molecular formula is C26H22N2O6. The van der Waals surface area contributed by atoms with Crippen molar-refractivity contribution in [1.82, 2.24) is 5.16 Å². The Morgan fingerprint density at radius 2 is 1.79 bits per heavy atom. The highest BCUT2D eigenvalue weighted by Crippen LogP contribution is 2.24. The lowest BCUT2D eigenvalue weighted by Gasteiger charge is -2.16. The molecule has 0 aliphatic heterocycles. The monoisotopic (exact) mass is 458 g/mol. The molecule has 8 heteroatoms. The van der Waals surface area contributed by atoms with Gasteiger partial charge in [-0.05, 0) is 69.0 Å². The van der Waals surface area contributed by atoms with E-state index in [1.807, 2.05) is 69.3 Å². The van der Waals surface area contributed by atoms with E-state index in [9.17, 15) is 4.79 Å². The van der Waals surface area contributed by atoms with Gasteiger partial charge in [-0.15, -0.1) is 0 Å². The highest BCUT2D eigenvalue weighted by Gasteiger charge is 2.18. The minimum Gasteiger partial charge on any atom is -0.461 e. The van der Waals surface area contributed by atoms with Crippen LogP contribution in [0.2, 0.25) is 0 Å². The molecule has 4 aromatic rings. The van der Waals surface area contributed by atoms with E-state index in [2.05, 4.69) is 22.3 Å². The molecule has 1 atom stereocenters. The SMILES string of the molecule is Cc1cc2ccc(C#Cc3onc(C)c3NC(=O)OC(C)c3ccccc3C)cc2o1.O=C=O. The predicted octanol–water partition coefficient (Wildman–Crippen LogP) is 5.47. The summed E-state index contributed by atoms with van der Waals surface area (Å²) >= 11 is 0. The van der Waals surface area contributed by atoms with Gasteiger partial charge in [0, 0.05) is 10.9 Å². The molecule has 2 aromatic carbocycles. The second-order valence-electron chi connectivity index (χ2n) is 7.44. The summed E-state index contributed by atoms with van der Waals surface area (Å²) in [4.78, 5) is 28.7. The van der Waals surface area contributed by atoms with Crippen LogP contribution in [0.1, 0.15) is 46.9 Å². The molecule has 4 rings (SSSR count). The maximum atomic E-state index is 12.5. The summed E-state index contributed by atoms with van der Waals surface area (Å²) in [7, 11) is 0. The predicted molar refractivity (Wildman–Crippen MR) is 123 cm³/mol. The molecular weight excluding hydrogens is 436 g/mol. The molecule has 0 aliphatic rings. The van der Waals surface area contributed by atoms with Gasteiger partial charge in [0.1, 0.15) is 28.8 Å². The first-order chi connectivity index (χ1) is 16.3. The molecule has 8 nitrogen and oxygen atoms in total. The molecule has 0 radical (unpaired) electrons. The zero-order valence-electron chi connectivity index (χ0n) is 19.1. The molecule has 0 saturated carbocycles. The number of rotatable bonds is 3. The Hall–Kier alpha value is -4.60. The second-order valence-corrected chi connectivity index (χ2v) is 7.44. The van der Waals surface area contributed by atoms with Crippen molar-refractivity contribution in [2.45, 2.75) is 33.8 Å². The minimum atomic E-state index is -0.599. The number of hydrogen-bond acceptors (Lipinski definition) is 7. The van der Waals surface area contributed by atoms with Crippen LogP contribution in [-0.4, -0.2) is 17.4 Å². The van der Waals surface area contributed by atoms with E-state index in [0.717, 1.165) is 33.4 Å². The number of carbonyl (C=O) groups excluding carboxylic acids is 3. The number of furan rings is 1. The fourth-order valence-electron chi connectivity index (χ4n) is 3.37. The maximum Gasteiger partial charge on any atom is 0.412 e. The fraction of sp³-hybridized carbons (Fsp3) is 0.192. The smallest absolute Gasteiger partial charge is 0.412 e. The van der Waals surface area contributed by atoms with Crippen molar-refractivity contribution in [2.75, 3.05) is 5.32 Å². The van der Waals surface area contributed by atoms with E-state index in [-0.39, 0.29) is 11.9 Å². The van der Waals surface area contributed by atoms with Crippen LogP contribution in [0.4, 0.5) is 10.5 Å². The van der Waals surface area contributed by atoms with Gasteiger partial charge >= 0.3 is 12.2 Å². The van der Waals surface area contributed by atoms with Gasteiger partial charge in [-0.3, -0.25) is 5.32 Å². The van der Waals surface area contributed by atoms with Crippen LogP contribution in [0.5, 0.6) is 0 Å². The molecule has 0 spiro atoms. The second kappa shape index (κ2) is 10.8. The fourth-order valence-corrected chi connectivity index (χ4v) is 3.37. The summed E-state index contributed by atoms with van der Waals surface area (Å²) in [5, 5.41) is 7.65. The molecule has 0 bridgehead atoms. The van der Waals surface area contributed by atoms with E-state index in [1.165, 1.54) is 0 Å². The molecule has 0 aliphatic carbocycles. The number of aryl methyl sites for hydroxylation is 3. The van der Waals surface area contributed by atoms with Gasteiger partial charge < -0.3 is 13.7 Å². The molecule has 2 aromatic heterocycles. The van der Waals surface area contributed by atoms with Crippen molar-refractivity contribution in [3.8, 4) is 11.8 Å². The highest BCUT2D eigenvalue weighted by atomic mass is 16.6. The van der Waals surface area contributed by atoms with Crippen molar-refractivity contribution in [3.05, 3.63) is 82.4 Å². The lowest BCUT2D eigenvalue weighted by molar-refractivity contribution is -0.191. The number of aromatic nitrogens is 1. The number of carbonyl (C=O) groups is 1. The molecule has 1 N–H and O–H groups in total. The molecule has 1 unspecified atom stereocenters. The van der Waals surface area contributed by atoms with Gasteiger partial charge in [0.15, 0.2) is 0 Å². The van der Waals surface area contributed by atoms with Gasteiger partial charge in [0.2, 0.25) is 5.76 Å². The molecule has 0 saturated heterocycles. The summed E-state index contributed by atoms with van der Waals surface area (Å²) in [5.74, 6) is 7.06. The van der Waals surface area contributed by atoms with Crippen LogP contribution in [0.15, 0.2) is 57.5 Å². The van der Waals surface area contributed by atoms with Crippen molar-refractivity contribution in [2.24, 2.45) is 0 Å². The number of ether oxygens (including phenoxy) is 1. The average Bonchev–Trinajstić information content (AvgIpc) is 3.34. The lowest BCUT2D eigenvalue weighted by atomic mass is 10.1. The van der Waals surface area contributed by atoms with Crippen LogP contribution < -0.4 is 5.32 Å². The standard InChI is InChI=1S/C25H22N2O4.CO2/c1-15-7-5-6-8-21(15)18(4)30-25(28)26-24-17(3)27-31-22(24)12-10-19-9-11-20-13-16(2)29-23(20)14-19;2-1-3/h5-9,11,13-14,18H,1-4H3,(H,26,28);. The number of nitrogens with zero attached hydrogens (tertiary/aromatic N) is 1. The average molecular weight is 458 g/mol. The molecule has 0 fully saturated rings. The van der Waals surface area contributed by atoms with Crippen molar-refractivity contribution < 1.29 is 28.1 Å². The highest BCUT2D eigenvalue weighted by molar-refractivity contribution is 5.87. The van der Waals surface area contributed by atoms with Crippen LogP contribution in [-0.2, 0) is 14.3 Å². The number of benzene rings is 2. The topological polar surface area (TPSA) is 112 Å². The summed E-state index contributed by atoms with van der Waals surface area (Å²) in [6, 6.07) is 15.5. The number of nitrogens with one attached hydrogen (secondary N) is 1. The Bertz CT molecular complexity index is 1410. The third-order valence-electron chi connectivity index (χ3n) is 4.96. The van der Waals surface area contributed by atoms with Crippen LogP contribution in [0.3, 0.4) is 0 Å². The first kappa shape index (κ1) is 24.1.